The molecule has 9 heteroatoms. The lowest BCUT2D eigenvalue weighted by atomic mass is 10.1. The standard InChI is InChI=1S/C23H18Br2Cl2N2O3/c1-31-21-9-15(12-28-29-22(30)10-14-2-5-17(24)6-3-14)8-19(25)23(21)32-13-16-4-7-18(26)11-20(16)27/h2-9,11-12H,10,13H2,1H3,(H,29,30)/b28-12+. The maximum Gasteiger partial charge on any atom is 0.244 e. The van der Waals surface area contributed by atoms with Crippen LogP contribution in [0.3, 0.4) is 0 Å². The van der Waals surface area contributed by atoms with E-state index in [2.05, 4.69) is 42.4 Å². The Bertz CT molecular complexity index is 1140. The number of benzene rings is 3. The Hall–Kier alpha value is -2.06. The molecular weight excluding hydrogens is 583 g/mol. The van der Waals surface area contributed by atoms with Gasteiger partial charge in [0.05, 0.1) is 24.2 Å². The number of hydrazone groups is 1. The van der Waals surface area contributed by atoms with Crippen LogP contribution in [0.1, 0.15) is 16.7 Å². The van der Waals surface area contributed by atoms with E-state index in [1.54, 1.807) is 25.3 Å². The van der Waals surface area contributed by atoms with Gasteiger partial charge in [-0.25, -0.2) is 5.43 Å². The Kier molecular flexibility index (Phi) is 8.99. The SMILES string of the molecule is COc1cc(/C=N/NC(=O)Cc2ccc(Br)cc2)cc(Br)c1OCc1ccc(Cl)cc1Cl. The molecule has 3 aromatic rings. The number of carbonyl (C=O) groups is 1. The molecule has 0 aliphatic carbocycles. The van der Waals surface area contributed by atoms with Crippen LogP contribution in [0.2, 0.25) is 10.0 Å². The number of rotatable bonds is 8. The summed E-state index contributed by atoms with van der Waals surface area (Å²) in [5.41, 5.74) is 4.94. The summed E-state index contributed by atoms with van der Waals surface area (Å²) in [5.74, 6) is 0.816. The van der Waals surface area contributed by atoms with E-state index >= 15 is 0 Å². The molecule has 0 saturated carbocycles. The number of nitrogens with one attached hydrogen (secondary N) is 1. The third-order valence-corrected chi connectivity index (χ3v) is 6.02. The number of amides is 1. The lowest BCUT2D eigenvalue weighted by Gasteiger charge is -2.14. The van der Waals surface area contributed by atoms with Crippen molar-refractivity contribution in [2.24, 2.45) is 5.10 Å². The first-order chi connectivity index (χ1) is 15.4. The normalized spacial score (nSPS) is 10.9. The van der Waals surface area contributed by atoms with Crippen LogP contribution in [0.4, 0.5) is 0 Å². The molecule has 0 fully saturated rings. The number of hydrogen-bond donors (Lipinski definition) is 1. The van der Waals surface area contributed by atoms with Crippen molar-refractivity contribution >= 4 is 67.2 Å². The Labute approximate surface area is 213 Å². The third kappa shape index (κ3) is 6.97. The molecule has 0 heterocycles. The second-order valence-corrected chi connectivity index (χ2v) is 9.27. The fourth-order valence-electron chi connectivity index (χ4n) is 2.75. The average molecular weight is 601 g/mol. The van der Waals surface area contributed by atoms with E-state index in [0.717, 1.165) is 21.2 Å². The van der Waals surface area contributed by atoms with Gasteiger partial charge in [-0.05, 0) is 63.5 Å². The third-order valence-electron chi connectivity index (χ3n) is 4.32. The van der Waals surface area contributed by atoms with E-state index in [4.69, 9.17) is 32.7 Å². The lowest BCUT2D eigenvalue weighted by molar-refractivity contribution is -0.120. The number of ether oxygens (including phenoxy) is 2. The first-order valence-corrected chi connectivity index (χ1v) is 11.7. The van der Waals surface area contributed by atoms with Crippen LogP contribution in [-0.2, 0) is 17.8 Å². The van der Waals surface area contributed by atoms with Crippen LogP contribution < -0.4 is 14.9 Å². The molecule has 0 saturated heterocycles. The summed E-state index contributed by atoms with van der Waals surface area (Å²) in [6.07, 6.45) is 1.77. The average Bonchev–Trinajstić information content (AvgIpc) is 2.75. The van der Waals surface area contributed by atoms with Gasteiger partial charge in [0.25, 0.3) is 0 Å². The lowest BCUT2D eigenvalue weighted by Crippen LogP contribution is -2.19. The van der Waals surface area contributed by atoms with Crippen molar-refractivity contribution in [2.75, 3.05) is 7.11 Å². The van der Waals surface area contributed by atoms with Crippen LogP contribution in [0.25, 0.3) is 0 Å². The molecule has 0 atom stereocenters. The number of methoxy groups -OCH3 is 1. The molecule has 3 aromatic carbocycles. The summed E-state index contributed by atoms with van der Waals surface area (Å²) in [5, 5.41) is 5.12. The van der Waals surface area contributed by atoms with Crippen molar-refractivity contribution in [3.05, 3.63) is 90.3 Å². The largest absolute Gasteiger partial charge is 0.493 e. The molecule has 0 radical (unpaired) electrons. The minimum atomic E-state index is -0.214. The Morgan fingerprint density at radius 2 is 1.84 bits per heavy atom. The van der Waals surface area contributed by atoms with Gasteiger partial charge in [-0.15, -0.1) is 0 Å². The van der Waals surface area contributed by atoms with Crippen LogP contribution >= 0.6 is 55.1 Å². The summed E-state index contributed by atoms with van der Waals surface area (Å²) in [6, 6.07) is 16.3. The van der Waals surface area contributed by atoms with Crippen molar-refractivity contribution < 1.29 is 14.3 Å². The highest BCUT2D eigenvalue weighted by molar-refractivity contribution is 9.10. The summed E-state index contributed by atoms with van der Waals surface area (Å²) < 4.78 is 13.0. The highest BCUT2D eigenvalue weighted by Gasteiger charge is 2.13. The number of carbonyl (C=O) groups excluding carboxylic acids is 1. The summed E-state index contributed by atoms with van der Waals surface area (Å²) >= 11 is 19.0. The molecule has 0 unspecified atom stereocenters. The van der Waals surface area contributed by atoms with E-state index in [-0.39, 0.29) is 18.9 Å². The highest BCUT2D eigenvalue weighted by Crippen LogP contribution is 2.37. The van der Waals surface area contributed by atoms with Crippen molar-refractivity contribution in [3.8, 4) is 11.5 Å². The van der Waals surface area contributed by atoms with Gasteiger partial charge < -0.3 is 9.47 Å². The van der Waals surface area contributed by atoms with Crippen molar-refractivity contribution in [1.29, 1.82) is 0 Å². The number of nitrogens with zero attached hydrogens (tertiary/aromatic N) is 1. The fourth-order valence-corrected chi connectivity index (χ4v) is 4.05. The van der Waals surface area contributed by atoms with Gasteiger partial charge in [-0.1, -0.05) is 57.3 Å². The van der Waals surface area contributed by atoms with Gasteiger partial charge in [-0.3, -0.25) is 4.79 Å². The summed E-state index contributed by atoms with van der Waals surface area (Å²) in [7, 11) is 1.55. The molecule has 0 aliphatic rings. The number of halogens is 4. The van der Waals surface area contributed by atoms with Crippen molar-refractivity contribution in [1.82, 2.24) is 5.43 Å². The monoisotopic (exact) mass is 598 g/mol. The molecule has 166 valence electrons. The van der Waals surface area contributed by atoms with Crippen LogP contribution in [0, 0.1) is 0 Å². The molecule has 0 aliphatic heterocycles. The fraction of sp³-hybridized carbons (Fsp3) is 0.130. The maximum atomic E-state index is 12.1. The predicted octanol–water partition coefficient (Wildman–Crippen LogP) is 6.80. The Morgan fingerprint density at radius 3 is 2.53 bits per heavy atom. The first kappa shape index (κ1) is 24.6. The van der Waals surface area contributed by atoms with E-state index < -0.39 is 0 Å². The molecular formula is C23H18Br2Cl2N2O3. The topological polar surface area (TPSA) is 59.9 Å². The molecule has 0 bridgehead atoms. The van der Waals surface area contributed by atoms with Gasteiger partial charge >= 0.3 is 0 Å². The van der Waals surface area contributed by atoms with Crippen LogP contribution in [0.5, 0.6) is 11.5 Å². The first-order valence-electron chi connectivity index (χ1n) is 9.36. The van der Waals surface area contributed by atoms with Crippen molar-refractivity contribution in [2.45, 2.75) is 13.0 Å². The molecule has 0 spiro atoms. The second-order valence-electron chi connectivity index (χ2n) is 6.65. The highest BCUT2D eigenvalue weighted by atomic mass is 79.9. The minimum Gasteiger partial charge on any atom is -0.493 e. The van der Waals surface area contributed by atoms with Crippen molar-refractivity contribution in [3.63, 3.8) is 0 Å². The zero-order valence-corrected chi connectivity index (χ0v) is 21.6. The molecule has 32 heavy (non-hydrogen) atoms. The van der Waals surface area contributed by atoms with Gasteiger partial charge in [-0.2, -0.15) is 5.10 Å². The Balaban J connectivity index is 1.64. The molecule has 0 aromatic heterocycles. The second kappa shape index (κ2) is 11.7. The molecule has 3 rings (SSSR count). The molecule has 1 amide bonds. The van der Waals surface area contributed by atoms with Gasteiger partial charge in [0, 0.05) is 20.1 Å². The predicted molar refractivity (Wildman–Crippen MR) is 135 cm³/mol. The maximum absolute atomic E-state index is 12.1. The quantitative estimate of drug-likeness (QED) is 0.229. The van der Waals surface area contributed by atoms with Gasteiger partial charge in [0.15, 0.2) is 11.5 Å². The smallest absolute Gasteiger partial charge is 0.244 e. The Morgan fingerprint density at radius 1 is 1.09 bits per heavy atom. The minimum absolute atomic E-state index is 0.214. The van der Waals surface area contributed by atoms with Crippen LogP contribution in [-0.4, -0.2) is 19.2 Å². The van der Waals surface area contributed by atoms with E-state index in [1.807, 2.05) is 36.4 Å². The molecule has 5 nitrogen and oxygen atoms in total. The van der Waals surface area contributed by atoms with E-state index in [9.17, 15) is 4.79 Å². The van der Waals surface area contributed by atoms with Gasteiger partial charge in [0.1, 0.15) is 6.61 Å². The van der Waals surface area contributed by atoms with E-state index in [0.29, 0.717) is 26.0 Å². The van der Waals surface area contributed by atoms with E-state index in [1.165, 1.54) is 6.21 Å². The number of hydrogen-bond acceptors (Lipinski definition) is 4. The molecule has 1 N–H and O–H groups in total. The van der Waals surface area contributed by atoms with Gasteiger partial charge in [0.2, 0.25) is 5.91 Å². The zero-order chi connectivity index (χ0) is 23.1. The summed E-state index contributed by atoms with van der Waals surface area (Å²) in [4.78, 5) is 12.1. The van der Waals surface area contributed by atoms with Crippen LogP contribution in [0.15, 0.2) is 68.6 Å². The summed E-state index contributed by atoms with van der Waals surface area (Å²) in [6.45, 7) is 0.241. The zero-order valence-electron chi connectivity index (χ0n) is 16.9.